The lowest BCUT2D eigenvalue weighted by molar-refractivity contribution is 0.447. The van der Waals surface area contributed by atoms with Gasteiger partial charge >= 0.3 is 0 Å². The number of unbranched alkanes of at least 4 members (excludes halogenated alkanes) is 2. The largest absolute Gasteiger partial charge is 0.309 e. The number of nitrogens with one attached hydrogen (secondary N) is 1. The van der Waals surface area contributed by atoms with E-state index in [4.69, 9.17) is 0 Å². The summed E-state index contributed by atoms with van der Waals surface area (Å²) in [4.78, 5) is 0. The van der Waals surface area contributed by atoms with Crippen molar-refractivity contribution in [1.82, 2.24) is 15.1 Å². The van der Waals surface area contributed by atoms with Gasteiger partial charge in [-0.2, -0.15) is 5.10 Å². The molecule has 17 heavy (non-hydrogen) atoms. The van der Waals surface area contributed by atoms with Gasteiger partial charge < -0.3 is 5.32 Å². The normalized spacial score (nSPS) is 12.9. The Balaban J connectivity index is 2.67. The molecule has 0 aliphatic rings. The Labute approximate surface area is 113 Å². The molecule has 0 fully saturated rings. The van der Waals surface area contributed by atoms with Gasteiger partial charge in [0.15, 0.2) is 0 Å². The van der Waals surface area contributed by atoms with Gasteiger partial charge in [-0.1, -0.05) is 33.1 Å². The van der Waals surface area contributed by atoms with Gasteiger partial charge in [0, 0.05) is 7.05 Å². The molecule has 3 nitrogen and oxygen atoms in total. The summed E-state index contributed by atoms with van der Waals surface area (Å²) in [5.41, 5.74) is 1.27. The minimum Gasteiger partial charge on any atom is -0.309 e. The molecule has 98 valence electrons. The first-order chi connectivity index (χ1) is 8.20. The third-order valence-corrected chi connectivity index (χ3v) is 3.62. The van der Waals surface area contributed by atoms with E-state index in [-0.39, 0.29) is 0 Å². The lowest BCUT2D eigenvalue weighted by Crippen LogP contribution is -2.24. The zero-order chi connectivity index (χ0) is 12.7. The summed E-state index contributed by atoms with van der Waals surface area (Å²) in [5, 5.41) is 7.92. The van der Waals surface area contributed by atoms with E-state index in [1.807, 2.05) is 17.9 Å². The maximum Gasteiger partial charge on any atom is 0.0692 e. The number of nitrogens with zero attached hydrogens (tertiary/aromatic N) is 2. The standard InChI is InChI=1S/C13H24BrN3/c1-4-6-7-8-12(15-9-5-2)13-11(14)10-16-17(13)3/h10,12,15H,4-9H2,1-3H3. The van der Waals surface area contributed by atoms with Crippen LogP contribution in [0.15, 0.2) is 10.7 Å². The van der Waals surface area contributed by atoms with Crippen molar-refractivity contribution in [1.29, 1.82) is 0 Å². The molecule has 0 aromatic carbocycles. The molecule has 1 rings (SSSR count). The smallest absolute Gasteiger partial charge is 0.0692 e. The Hall–Kier alpha value is -0.350. The number of halogens is 1. The highest BCUT2D eigenvalue weighted by Crippen LogP contribution is 2.26. The molecule has 0 radical (unpaired) electrons. The van der Waals surface area contributed by atoms with E-state index in [1.165, 1.54) is 37.8 Å². The van der Waals surface area contributed by atoms with Crippen molar-refractivity contribution in [2.24, 2.45) is 7.05 Å². The lowest BCUT2D eigenvalue weighted by atomic mass is 10.1. The Bertz CT molecular complexity index is 303. The maximum atomic E-state index is 4.30. The predicted molar refractivity (Wildman–Crippen MR) is 76.1 cm³/mol. The quantitative estimate of drug-likeness (QED) is 0.740. The highest BCUT2D eigenvalue weighted by Gasteiger charge is 2.17. The Morgan fingerprint density at radius 1 is 1.35 bits per heavy atom. The van der Waals surface area contributed by atoms with Crippen LogP contribution in [-0.4, -0.2) is 16.3 Å². The molecule has 1 atom stereocenters. The molecule has 0 amide bonds. The second-order valence-corrected chi connectivity index (χ2v) is 5.36. The van der Waals surface area contributed by atoms with E-state index in [1.54, 1.807) is 0 Å². The maximum absolute atomic E-state index is 4.30. The van der Waals surface area contributed by atoms with E-state index in [2.05, 4.69) is 40.2 Å². The second kappa shape index (κ2) is 7.88. The summed E-state index contributed by atoms with van der Waals surface area (Å²) in [7, 11) is 2.01. The number of hydrogen-bond acceptors (Lipinski definition) is 2. The molecule has 1 unspecified atom stereocenters. The van der Waals surface area contributed by atoms with Crippen LogP contribution in [0.5, 0.6) is 0 Å². The van der Waals surface area contributed by atoms with Gasteiger partial charge in [-0.15, -0.1) is 0 Å². The molecule has 0 spiro atoms. The van der Waals surface area contributed by atoms with Crippen molar-refractivity contribution in [2.45, 2.75) is 52.0 Å². The van der Waals surface area contributed by atoms with E-state index in [9.17, 15) is 0 Å². The average Bonchev–Trinajstić information content (AvgIpc) is 2.64. The third-order valence-electron chi connectivity index (χ3n) is 3.00. The Morgan fingerprint density at radius 2 is 2.12 bits per heavy atom. The van der Waals surface area contributed by atoms with Gasteiger partial charge in [0.1, 0.15) is 0 Å². The molecule has 0 bridgehead atoms. The van der Waals surface area contributed by atoms with Crippen LogP contribution in [0.1, 0.15) is 57.7 Å². The summed E-state index contributed by atoms with van der Waals surface area (Å²) < 4.78 is 3.09. The first-order valence-corrected chi connectivity index (χ1v) is 7.40. The summed E-state index contributed by atoms with van der Waals surface area (Å²) in [6, 6.07) is 0.420. The number of hydrogen-bond donors (Lipinski definition) is 1. The first kappa shape index (κ1) is 14.7. The van der Waals surface area contributed by atoms with E-state index >= 15 is 0 Å². The predicted octanol–water partition coefficient (Wildman–Crippen LogP) is 3.80. The van der Waals surface area contributed by atoms with Crippen molar-refractivity contribution in [3.05, 3.63) is 16.4 Å². The van der Waals surface area contributed by atoms with Gasteiger partial charge in [-0.05, 0) is 35.3 Å². The SMILES string of the molecule is CCCCCC(NCCC)c1c(Br)cnn1C. The fourth-order valence-electron chi connectivity index (χ4n) is 2.06. The van der Waals surface area contributed by atoms with Crippen LogP contribution in [0.25, 0.3) is 0 Å². The molecular weight excluding hydrogens is 278 g/mol. The summed E-state index contributed by atoms with van der Waals surface area (Å²) in [6.45, 7) is 5.51. The number of aryl methyl sites for hydroxylation is 1. The topological polar surface area (TPSA) is 29.9 Å². The summed E-state index contributed by atoms with van der Waals surface area (Å²) in [5.74, 6) is 0. The highest BCUT2D eigenvalue weighted by molar-refractivity contribution is 9.10. The fraction of sp³-hybridized carbons (Fsp3) is 0.769. The van der Waals surface area contributed by atoms with Crippen molar-refractivity contribution in [3.8, 4) is 0 Å². The molecule has 1 aromatic heterocycles. The van der Waals surface area contributed by atoms with Gasteiger partial charge in [0.05, 0.1) is 22.4 Å². The molecule has 0 aliphatic heterocycles. The van der Waals surface area contributed by atoms with Crippen LogP contribution < -0.4 is 5.32 Å². The zero-order valence-electron chi connectivity index (χ0n) is 11.2. The van der Waals surface area contributed by atoms with Gasteiger partial charge in [-0.3, -0.25) is 4.68 Å². The van der Waals surface area contributed by atoms with E-state index in [0.717, 1.165) is 11.0 Å². The Kier molecular flexibility index (Phi) is 6.82. The molecule has 1 aromatic rings. The minimum absolute atomic E-state index is 0.420. The summed E-state index contributed by atoms with van der Waals surface area (Å²) in [6.07, 6.45) is 8.09. The Morgan fingerprint density at radius 3 is 2.65 bits per heavy atom. The fourth-order valence-corrected chi connectivity index (χ4v) is 2.69. The minimum atomic E-state index is 0.420. The summed E-state index contributed by atoms with van der Waals surface area (Å²) >= 11 is 3.60. The molecule has 4 heteroatoms. The third kappa shape index (κ3) is 4.43. The molecule has 0 saturated carbocycles. The monoisotopic (exact) mass is 301 g/mol. The van der Waals surface area contributed by atoms with Crippen LogP contribution >= 0.6 is 15.9 Å². The average molecular weight is 302 g/mol. The van der Waals surface area contributed by atoms with Crippen LogP contribution in [0, 0.1) is 0 Å². The molecule has 0 saturated heterocycles. The molecule has 1 N–H and O–H groups in total. The van der Waals surface area contributed by atoms with Crippen LogP contribution in [0.3, 0.4) is 0 Å². The number of rotatable bonds is 8. The van der Waals surface area contributed by atoms with Crippen molar-refractivity contribution in [3.63, 3.8) is 0 Å². The molecular formula is C13H24BrN3. The van der Waals surface area contributed by atoms with E-state index in [0.29, 0.717) is 6.04 Å². The van der Waals surface area contributed by atoms with E-state index < -0.39 is 0 Å². The highest BCUT2D eigenvalue weighted by atomic mass is 79.9. The molecule has 1 heterocycles. The van der Waals surface area contributed by atoms with Gasteiger partial charge in [0.2, 0.25) is 0 Å². The second-order valence-electron chi connectivity index (χ2n) is 4.50. The van der Waals surface area contributed by atoms with Crippen LogP contribution in [-0.2, 0) is 7.05 Å². The van der Waals surface area contributed by atoms with Crippen molar-refractivity contribution in [2.75, 3.05) is 6.54 Å². The van der Waals surface area contributed by atoms with Crippen LogP contribution in [0.2, 0.25) is 0 Å². The van der Waals surface area contributed by atoms with Gasteiger partial charge in [0.25, 0.3) is 0 Å². The molecule has 0 aliphatic carbocycles. The zero-order valence-corrected chi connectivity index (χ0v) is 12.8. The first-order valence-electron chi connectivity index (χ1n) is 6.61. The number of aromatic nitrogens is 2. The van der Waals surface area contributed by atoms with Crippen LogP contribution in [0.4, 0.5) is 0 Å². The van der Waals surface area contributed by atoms with Crippen molar-refractivity contribution >= 4 is 15.9 Å². The van der Waals surface area contributed by atoms with Gasteiger partial charge in [-0.25, -0.2) is 0 Å². The lowest BCUT2D eigenvalue weighted by Gasteiger charge is -2.19. The van der Waals surface area contributed by atoms with Crippen molar-refractivity contribution < 1.29 is 0 Å².